The van der Waals surface area contributed by atoms with Gasteiger partial charge in [0, 0.05) is 22.5 Å². The molecule has 0 amide bonds. The number of aromatic nitrogens is 4. The highest BCUT2D eigenvalue weighted by Crippen LogP contribution is 2.45. The van der Waals surface area contributed by atoms with Crippen molar-refractivity contribution < 1.29 is 8.42 Å². The van der Waals surface area contributed by atoms with Crippen LogP contribution < -0.4 is 4.31 Å². The third kappa shape index (κ3) is 2.56. The van der Waals surface area contributed by atoms with Gasteiger partial charge in [-0.15, -0.1) is 5.10 Å². The lowest BCUT2D eigenvalue weighted by Gasteiger charge is -2.22. The highest BCUT2D eigenvalue weighted by molar-refractivity contribution is 7.92. The third-order valence-electron chi connectivity index (χ3n) is 3.78. The Morgan fingerprint density at radius 3 is 2.82 bits per heavy atom. The van der Waals surface area contributed by atoms with E-state index in [-0.39, 0.29) is 17.7 Å². The molecule has 22 heavy (non-hydrogen) atoms. The molecule has 1 aromatic carbocycles. The summed E-state index contributed by atoms with van der Waals surface area (Å²) >= 11 is 6.28. The lowest BCUT2D eigenvalue weighted by Crippen LogP contribution is -2.36. The monoisotopic (exact) mass is 341 g/mol. The number of tetrazole rings is 1. The van der Waals surface area contributed by atoms with E-state index in [1.165, 1.54) is 15.3 Å². The molecule has 1 aromatic heterocycles. The number of rotatable bonds is 4. The van der Waals surface area contributed by atoms with Gasteiger partial charge in [-0.1, -0.05) is 31.5 Å². The summed E-state index contributed by atoms with van der Waals surface area (Å²) in [6.07, 6.45) is 1.40. The quantitative estimate of drug-likeness (QED) is 0.840. The Morgan fingerprint density at radius 1 is 1.36 bits per heavy atom. The average molecular weight is 342 g/mol. The zero-order valence-electron chi connectivity index (χ0n) is 12.3. The van der Waals surface area contributed by atoms with E-state index in [4.69, 9.17) is 11.6 Å². The molecule has 0 saturated heterocycles. The minimum atomic E-state index is -3.48. The molecule has 2 heterocycles. The van der Waals surface area contributed by atoms with Crippen LogP contribution in [0.15, 0.2) is 24.5 Å². The summed E-state index contributed by atoms with van der Waals surface area (Å²) in [5.74, 6) is -0.0694. The zero-order valence-corrected chi connectivity index (χ0v) is 13.8. The van der Waals surface area contributed by atoms with Crippen molar-refractivity contribution in [2.45, 2.75) is 25.8 Å². The van der Waals surface area contributed by atoms with Gasteiger partial charge in [0.25, 0.3) is 0 Å². The summed E-state index contributed by atoms with van der Waals surface area (Å²) in [6.45, 7) is 4.58. The third-order valence-corrected chi connectivity index (χ3v) is 5.79. The number of nitrogens with zero attached hydrogens (tertiary/aromatic N) is 5. The first kappa shape index (κ1) is 15.2. The molecular weight excluding hydrogens is 326 g/mol. The Balaban J connectivity index is 1.91. The maximum Gasteiger partial charge on any atom is 0.237 e. The number of aryl methyl sites for hydroxylation is 1. The van der Waals surface area contributed by atoms with E-state index in [1.54, 1.807) is 18.2 Å². The van der Waals surface area contributed by atoms with Gasteiger partial charge in [0.1, 0.15) is 6.33 Å². The number of halogens is 1. The molecule has 0 atom stereocenters. The molecule has 1 aliphatic rings. The molecule has 0 unspecified atom stereocenters. The number of benzene rings is 1. The summed E-state index contributed by atoms with van der Waals surface area (Å²) < 4.78 is 28.2. The van der Waals surface area contributed by atoms with E-state index >= 15 is 0 Å². The molecular formula is C13H16ClN5O2S. The molecule has 2 aromatic rings. The predicted octanol–water partition coefficient (Wildman–Crippen LogP) is 1.45. The molecule has 0 fully saturated rings. The normalized spacial score (nSPS) is 16.8. The van der Waals surface area contributed by atoms with Crippen molar-refractivity contribution in [3.63, 3.8) is 0 Å². The van der Waals surface area contributed by atoms with Crippen molar-refractivity contribution in [1.82, 2.24) is 20.2 Å². The van der Waals surface area contributed by atoms with E-state index in [0.717, 1.165) is 5.56 Å². The SMILES string of the molecule is CC1(C)CN(S(=O)(=O)CCn2cnnn2)c2cccc(Cl)c21. The topological polar surface area (TPSA) is 81.0 Å². The van der Waals surface area contributed by atoms with Gasteiger partial charge in [-0.25, -0.2) is 13.1 Å². The van der Waals surface area contributed by atoms with Gasteiger partial charge in [0.05, 0.1) is 18.0 Å². The van der Waals surface area contributed by atoms with E-state index in [9.17, 15) is 8.42 Å². The second kappa shape index (κ2) is 5.20. The Labute approximate surface area is 133 Å². The van der Waals surface area contributed by atoms with Gasteiger partial charge in [-0.2, -0.15) is 0 Å². The molecule has 9 heteroatoms. The van der Waals surface area contributed by atoms with Crippen LogP contribution in [0.5, 0.6) is 0 Å². The van der Waals surface area contributed by atoms with Crippen molar-refractivity contribution in [2.75, 3.05) is 16.6 Å². The van der Waals surface area contributed by atoms with E-state index < -0.39 is 10.0 Å². The largest absolute Gasteiger partial charge is 0.269 e. The zero-order chi connectivity index (χ0) is 16.0. The van der Waals surface area contributed by atoms with Gasteiger partial charge in [0.2, 0.25) is 10.0 Å². The summed E-state index contributed by atoms with van der Waals surface area (Å²) in [4.78, 5) is 0. The van der Waals surface area contributed by atoms with Gasteiger partial charge in [-0.3, -0.25) is 4.31 Å². The Hall–Kier alpha value is -1.67. The van der Waals surface area contributed by atoms with Gasteiger partial charge < -0.3 is 0 Å². The molecule has 3 rings (SSSR count). The molecule has 0 aliphatic carbocycles. The van der Waals surface area contributed by atoms with E-state index in [2.05, 4.69) is 15.5 Å². The van der Waals surface area contributed by atoms with Gasteiger partial charge in [0.15, 0.2) is 0 Å². The van der Waals surface area contributed by atoms with Crippen LogP contribution in [0, 0.1) is 0 Å². The molecule has 0 saturated carbocycles. The molecule has 0 radical (unpaired) electrons. The first-order valence-corrected chi connectivity index (χ1v) is 8.80. The van der Waals surface area contributed by atoms with Crippen LogP contribution >= 0.6 is 11.6 Å². The van der Waals surface area contributed by atoms with Gasteiger partial charge in [-0.05, 0) is 22.6 Å². The van der Waals surface area contributed by atoms with Crippen LogP contribution in [0.25, 0.3) is 0 Å². The van der Waals surface area contributed by atoms with Crippen molar-refractivity contribution in [1.29, 1.82) is 0 Å². The Morgan fingerprint density at radius 2 is 2.14 bits per heavy atom. The lowest BCUT2D eigenvalue weighted by molar-refractivity contribution is 0.547. The maximum absolute atomic E-state index is 12.7. The van der Waals surface area contributed by atoms with Crippen molar-refractivity contribution >= 4 is 27.3 Å². The molecule has 0 bridgehead atoms. The van der Waals surface area contributed by atoms with Crippen LogP contribution in [-0.2, 0) is 22.0 Å². The highest BCUT2D eigenvalue weighted by Gasteiger charge is 2.41. The number of hydrogen-bond donors (Lipinski definition) is 0. The van der Waals surface area contributed by atoms with Crippen LogP contribution in [0.3, 0.4) is 0 Å². The summed E-state index contributed by atoms with van der Waals surface area (Å²) in [7, 11) is -3.48. The fourth-order valence-corrected chi connectivity index (χ4v) is 4.80. The van der Waals surface area contributed by atoms with Crippen LogP contribution in [0.4, 0.5) is 5.69 Å². The molecule has 118 valence electrons. The predicted molar refractivity (Wildman–Crippen MR) is 83.4 cm³/mol. The smallest absolute Gasteiger partial charge is 0.237 e. The van der Waals surface area contributed by atoms with Crippen LogP contribution in [0.2, 0.25) is 5.02 Å². The number of hydrogen-bond acceptors (Lipinski definition) is 5. The molecule has 0 N–H and O–H groups in total. The minimum absolute atomic E-state index is 0.0694. The maximum atomic E-state index is 12.7. The lowest BCUT2D eigenvalue weighted by atomic mass is 9.87. The Kier molecular flexibility index (Phi) is 3.60. The average Bonchev–Trinajstić information content (AvgIpc) is 3.04. The molecule has 0 spiro atoms. The van der Waals surface area contributed by atoms with Crippen molar-refractivity contribution in [3.05, 3.63) is 35.1 Å². The number of sulfonamides is 1. The number of anilines is 1. The fourth-order valence-electron chi connectivity index (χ4n) is 2.76. The standard InChI is InChI=1S/C13H16ClN5O2S/c1-13(2)8-19(11-5-3-4-10(14)12(11)13)22(20,21)7-6-18-9-15-16-17-18/h3-5,9H,6-8H2,1-2H3. The first-order valence-electron chi connectivity index (χ1n) is 6.81. The summed E-state index contributed by atoms with van der Waals surface area (Å²) in [5.41, 5.74) is 1.21. The number of fused-ring (bicyclic) bond motifs is 1. The molecule has 1 aliphatic heterocycles. The Bertz CT molecular complexity index is 789. The fraction of sp³-hybridized carbons (Fsp3) is 0.462. The van der Waals surface area contributed by atoms with Gasteiger partial charge >= 0.3 is 0 Å². The second-order valence-corrected chi connectivity index (χ2v) is 8.33. The second-order valence-electron chi connectivity index (χ2n) is 5.91. The summed E-state index contributed by atoms with van der Waals surface area (Å²) in [5, 5.41) is 11.3. The van der Waals surface area contributed by atoms with E-state index in [0.29, 0.717) is 17.3 Å². The van der Waals surface area contributed by atoms with Crippen LogP contribution in [-0.4, -0.2) is 40.9 Å². The van der Waals surface area contributed by atoms with E-state index in [1.807, 2.05) is 13.8 Å². The first-order chi connectivity index (χ1) is 10.3. The summed E-state index contributed by atoms with van der Waals surface area (Å²) in [6, 6.07) is 5.36. The van der Waals surface area contributed by atoms with Crippen LogP contribution in [0.1, 0.15) is 19.4 Å². The molecule has 7 nitrogen and oxygen atoms in total. The van der Waals surface area contributed by atoms with Crippen molar-refractivity contribution in [3.8, 4) is 0 Å². The minimum Gasteiger partial charge on any atom is -0.269 e. The highest BCUT2D eigenvalue weighted by atomic mass is 35.5. The van der Waals surface area contributed by atoms with Crippen molar-refractivity contribution in [2.24, 2.45) is 0 Å².